The van der Waals surface area contributed by atoms with Gasteiger partial charge in [-0.25, -0.2) is 4.79 Å². The summed E-state index contributed by atoms with van der Waals surface area (Å²) in [5.74, 6) is -0.882. The first-order chi connectivity index (χ1) is 11.7. The number of fused-ring (bicyclic) bond motifs is 1. The van der Waals surface area contributed by atoms with Crippen LogP contribution >= 0.6 is 11.3 Å². The molecular formula is C21H14O2S. The summed E-state index contributed by atoms with van der Waals surface area (Å²) in [4.78, 5) is 12.6. The molecule has 0 bridgehead atoms. The zero-order chi connectivity index (χ0) is 16.5. The molecule has 24 heavy (non-hydrogen) atoms. The van der Waals surface area contributed by atoms with E-state index in [0.717, 1.165) is 31.7 Å². The first-order valence-corrected chi connectivity index (χ1v) is 8.46. The van der Waals surface area contributed by atoms with E-state index in [4.69, 9.17) is 0 Å². The largest absolute Gasteiger partial charge is 0.478 e. The number of carboxylic acid groups (broad SMARTS) is 1. The van der Waals surface area contributed by atoms with Crippen molar-refractivity contribution in [1.29, 1.82) is 0 Å². The van der Waals surface area contributed by atoms with Crippen LogP contribution in [0.1, 0.15) is 10.4 Å². The second-order valence-electron chi connectivity index (χ2n) is 5.55. The normalized spacial score (nSPS) is 10.8. The number of benzene rings is 3. The van der Waals surface area contributed by atoms with E-state index < -0.39 is 5.97 Å². The van der Waals surface area contributed by atoms with Gasteiger partial charge in [0, 0.05) is 10.1 Å². The van der Waals surface area contributed by atoms with Crippen LogP contribution in [0.3, 0.4) is 0 Å². The molecule has 2 nitrogen and oxygen atoms in total. The summed E-state index contributed by atoms with van der Waals surface area (Å²) in [5.41, 5.74) is 3.56. The molecule has 1 aromatic heterocycles. The Balaban J connectivity index is 1.95. The van der Waals surface area contributed by atoms with Crippen LogP contribution in [-0.2, 0) is 0 Å². The SMILES string of the molecule is O=C(O)c1c(-c2ccccc2)sc2cc(-c3ccccc3)ccc12. The second-order valence-corrected chi connectivity index (χ2v) is 6.61. The van der Waals surface area contributed by atoms with Gasteiger partial charge in [-0.05, 0) is 22.8 Å². The van der Waals surface area contributed by atoms with Crippen molar-refractivity contribution in [3.63, 3.8) is 0 Å². The molecule has 3 aromatic carbocycles. The van der Waals surface area contributed by atoms with Gasteiger partial charge in [-0.1, -0.05) is 72.8 Å². The summed E-state index contributed by atoms with van der Waals surface area (Å²) in [6.45, 7) is 0. The van der Waals surface area contributed by atoms with Gasteiger partial charge < -0.3 is 5.11 Å². The van der Waals surface area contributed by atoms with Crippen molar-refractivity contribution in [1.82, 2.24) is 0 Å². The van der Waals surface area contributed by atoms with Crippen LogP contribution in [0, 0.1) is 0 Å². The van der Waals surface area contributed by atoms with E-state index in [0.29, 0.717) is 5.56 Å². The minimum absolute atomic E-state index is 0.390. The van der Waals surface area contributed by atoms with Gasteiger partial charge in [0.1, 0.15) is 0 Å². The molecule has 0 aliphatic rings. The quantitative estimate of drug-likeness (QED) is 0.505. The number of rotatable bonds is 3. The predicted molar refractivity (Wildman–Crippen MR) is 99.7 cm³/mol. The molecule has 3 heteroatoms. The fraction of sp³-hybridized carbons (Fsp3) is 0. The highest BCUT2D eigenvalue weighted by atomic mass is 32.1. The standard InChI is InChI=1S/C21H14O2S/c22-21(23)19-17-12-11-16(14-7-3-1-4-8-14)13-18(17)24-20(19)15-9-5-2-6-10-15/h1-13H,(H,22,23). The smallest absolute Gasteiger partial charge is 0.337 e. The van der Waals surface area contributed by atoms with Crippen molar-refractivity contribution < 1.29 is 9.90 Å². The van der Waals surface area contributed by atoms with Gasteiger partial charge in [0.05, 0.1) is 10.4 Å². The lowest BCUT2D eigenvalue weighted by atomic mass is 10.0. The Morgan fingerprint density at radius 3 is 2.00 bits per heavy atom. The van der Waals surface area contributed by atoms with E-state index >= 15 is 0 Å². The van der Waals surface area contributed by atoms with Crippen molar-refractivity contribution in [2.45, 2.75) is 0 Å². The molecule has 1 heterocycles. The van der Waals surface area contributed by atoms with Crippen LogP contribution in [0.25, 0.3) is 31.7 Å². The monoisotopic (exact) mass is 330 g/mol. The number of carboxylic acids is 1. The summed E-state index contributed by atoms with van der Waals surface area (Å²) in [6.07, 6.45) is 0. The maximum absolute atomic E-state index is 11.8. The average molecular weight is 330 g/mol. The molecule has 0 aliphatic carbocycles. The summed E-state index contributed by atoms with van der Waals surface area (Å²) < 4.78 is 0.993. The van der Waals surface area contributed by atoms with Crippen LogP contribution < -0.4 is 0 Å². The molecule has 0 unspecified atom stereocenters. The van der Waals surface area contributed by atoms with Gasteiger partial charge in [-0.15, -0.1) is 11.3 Å². The lowest BCUT2D eigenvalue weighted by Gasteiger charge is -2.02. The maximum Gasteiger partial charge on any atom is 0.337 e. The molecule has 0 radical (unpaired) electrons. The fourth-order valence-electron chi connectivity index (χ4n) is 2.91. The highest BCUT2D eigenvalue weighted by Gasteiger charge is 2.19. The molecule has 0 saturated heterocycles. The van der Waals surface area contributed by atoms with E-state index in [1.54, 1.807) is 0 Å². The Bertz CT molecular complexity index is 1020. The molecule has 0 amide bonds. The fourth-order valence-corrected chi connectivity index (χ4v) is 4.15. The van der Waals surface area contributed by atoms with E-state index in [-0.39, 0.29) is 0 Å². The summed E-state index contributed by atoms with van der Waals surface area (Å²) in [7, 11) is 0. The molecule has 0 aliphatic heterocycles. The van der Waals surface area contributed by atoms with E-state index in [9.17, 15) is 9.90 Å². The zero-order valence-electron chi connectivity index (χ0n) is 12.8. The minimum Gasteiger partial charge on any atom is -0.478 e. The van der Waals surface area contributed by atoms with Gasteiger partial charge >= 0.3 is 5.97 Å². The molecular weight excluding hydrogens is 316 g/mol. The molecule has 0 saturated carbocycles. The number of thiophene rings is 1. The first-order valence-electron chi connectivity index (χ1n) is 7.65. The average Bonchev–Trinajstić information content (AvgIpc) is 3.02. The Hall–Kier alpha value is -2.91. The second kappa shape index (κ2) is 5.95. The topological polar surface area (TPSA) is 37.3 Å². The maximum atomic E-state index is 11.8. The Morgan fingerprint density at radius 2 is 1.38 bits per heavy atom. The number of hydrogen-bond acceptors (Lipinski definition) is 2. The molecule has 1 N–H and O–H groups in total. The minimum atomic E-state index is -0.882. The third-order valence-corrected chi connectivity index (χ3v) is 5.25. The first kappa shape index (κ1) is 14.7. The van der Waals surface area contributed by atoms with Crippen LogP contribution in [-0.4, -0.2) is 11.1 Å². The van der Waals surface area contributed by atoms with Crippen molar-refractivity contribution in [2.75, 3.05) is 0 Å². The predicted octanol–water partition coefficient (Wildman–Crippen LogP) is 5.93. The molecule has 116 valence electrons. The van der Waals surface area contributed by atoms with Crippen molar-refractivity contribution in [2.24, 2.45) is 0 Å². The third-order valence-electron chi connectivity index (χ3n) is 4.05. The number of hydrogen-bond donors (Lipinski definition) is 1. The number of aromatic carboxylic acids is 1. The summed E-state index contributed by atoms with van der Waals surface area (Å²) in [6, 6.07) is 25.8. The lowest BCUT2D eigenvalue weighted by molar-refractivity contribution is 0.0700. The van der Waals surface area contributed by atoms with Crippen molar-refractivity contribution in [3.8, 4) is 21.6 Å². The molecule has 0 fully saturated rings. The van der Waals surface area contributed by atoms with Gasteiger partial charge in [-0.2, -0.15) is 0 Å². The van der Waals surface area contributed by atoms with Gasteiger partial charge in [0.25, 0.3) is 0 Å². The van der Waals surface area contributed by atoms with Crippen molar-refractivity contribution >= 4 is 27.4 Å². The van der Waals surface area contributed by atoms with Crippen LogP contribution in [0.2, 0.25) is 0 Å². The highest BCUT2D eigenvalue weighted by molar-refractivity contribution is 7.22. The third kappa shape index (κ3) is 2.49. The van der Waals surface area contributed by atoms with Crippen molar-refractivity contribution in [3.05, 3.63) is 84.4 Å². The van der Waals surface area contributed by atoms with Gasteiger partial charge in [-0.3, -0.25) is 0 Å². The van der Waals surface area contributed by atoms with Crippen LogP contribution in [0.15, 0.2) is 78.9 Å². The summed E-state index contributed by atoms with van der Waals surface area (Å²) in [5, 5.41) is 10.5. The molecule has 0 spiro atoms. The molecule has 0 atom stereocenters. The van der Waals surface area contributed by atoms with Gasteiger partial charge in [0.15, 0.2) is 0 Å². The van der Waals surface area contributed by atoms with E-state index in [2.05, 4.69) is 18.2 Å². The van der Waals surface area contributed by atoms with Gasteiger partial charge in [0.2, 0.25) is 0 Å². The molecule has 4 rings (SSSR count). The zero-order valence-corrected chi connectivity index (χ0v) is 13.6. The van der Waals surface area contributed by atoms with E-state index in [1.807, 2.05) is 60.7 Å². The number of carbonyl (C=O) groups is 1. The Kier molecular flexibility index (Phi) is 3.63. The summed E-state index contributed by atoms with van der Waals surface area (Å²) >= 11 is 1.53. The van der Waals surface area contributed by atoms with Crippen LogP contribution in [0.4, 0.5) is 0 Å². The highest BCUT2D eigenvalue weighted by Crippen LogP contribution is 2.40. The Morgan fingerprint density at radius 1 is 0.750 bits per heavy atom. The lowest BCUT2D eigenvalue weighted by Crippen LogP contribution is -1.96. The van der Waals surface area contributed by atoms with Crippen LogP contribution in [0.5, 0.6) is 0 Å². The Labute approximate surface area is 143 Å². The molecule has 4 aromatic rings. The van der Waals surface area contributed by atoms with E-state index in [1.165, 1.54) is 11.3 Å².